The molecule has 1 atom stereocenters. The molecule has 0 aliphatic carbocycles. The van der Waals surface area contributed by atoms with Crippen molar-refractivity contribution in [2.75, 3.05) is 12.4 Å². The number of rotatable bonds is 4. The quantitative estimate of drug-likeness (QED) is 0.731. The van der Waals surface area contributed by atoms with E-state index in [9.17, 15) is 4.79 Å². The number of halogens is 1. The molecule has 0 fully saturated rings. The van der Waals surface area contributed by atoms with Crippen molar-refractivity contribution < 1.29 is 4.74 Å². The fourth-order valence-electron chi connectivity index (χ4n) is 2.62. The summed E-state index contributed by atoms with van der Waals surface area (Å²) in [5, 5.41) is 13.3. The molecule has 132 valence electrons. The lowest BCUT2D eigenvalue weighted by Crippen LogP contribution is -2.20. The monoisotopic (exact) mass is 369 g/mol. The van der Waals surface area contributed by atoms with Gasteiger partial charge in [-0.25, -0.2) is 9.97 Å². The number of pyridine rings is 1. The Morgan fingerprint density at radius 2 is 2.15 bits per heavy atom. The highest BCUT2D eigenvalue weighted by Gasteiger charge is 2.14. The first-order chi connectivity index (χ1) is 12.4. The molecular formula is C18H16ClN5O2. The van der Waals surface area contributed by atoms with E-state index in [-0.39, 0.29) is 11.6 Å². The minimum atomic E-state index is -0.351. The normalized spacial score (nSPS) is 11.8. The molecular weight excluding hydrogens is 354 g/mol. The van der Waals surface area contributed by atoms with Crippen LogP contribution in [0.4, 0.5) is 5.95 Å². The minimum Gasteiger partial charge on any atom is -0.495 e. The van der Waals surface area contributed by atoms with Crippen molar-refractivity contribution in [1.82, 2.24) is 15.0 Å². The Hall–Kier alpha value is -3.11. The molecule has 0 aliphatic rings. The SMILES string of the molecule is COc1cc2[nH]c(=O)c([C@H](C)Nc3ncc(C#N)c(C)n3)cc2cc1Cl. The fraction of sp³-hybridized carbons (Fsp3) is 0.222. The summed E-state index contributed by atoms with van der Waals surface area (Å²) >= 11 is 6.17. The van der Waals surface area contributed by atoms with Crippen molar-refractivity contribution >= 4 is 28.5 Å². The molecule has 1 aromatic carbocycles. The van der Waals surface area contributed by atoms with E-state index in [0.717, 1.165) is 5.39 Å². The van der Waals surface area contributed by atoms with Crippen LogP contribution in [0.15, 0.2) is 29.2 Å². The number of nitrogens with zero attached hydrogens (tertiary/aromatic N) is 3. The maximum atomic E-state index is 12.5. The van der Waals surface area contributed by atoms with Gasteiger partial charge in [0, 0.05) is 17.0 Å². The molecule has 0 saturated carbocycles. The van der Waals surface area contributed by atoms with Gasteiger partial charge in [0.2, 0.25) is 5.95 Å². The zero-order valence-electron chi connectivity index (χ0n) is 14.4. The number of anilines is 1. The molecule has 2 aromatic heterocycles. The molecule has 0 amide bonds. The predicted octanol–water partition coefficient (Wildman–Crippen LogP) is 3.33. The Morgan fingerprint density at radius 3 is 2.81 bits per heavy atom. The van der Waals surface area contributed by atoms with Gasteiger partial charge >= 0.3 is 0 Å². The number of methoxy groups -OCH3 is 1. The van der Waals surface area contributed by atoms with Crippen LogP contribution in [-0.4, -0.2) is 22.1 Å². The van der Waals surface area contributed by atoms with Crippen LogP contribution in [0.3, 0.4) is 0 Å². The van der Waals surface area contributed by atoms with E-state index >= 15 is 0 Å². The van der Waals surface area contributed by atoms with Crippen LogP contribution >= 0.6 is 11.6 Å². The lowest BCUT2D eigenvalue weighted by atomic mass is 10.1. The first kappa shape index (κ1) is 17.7. The lowest BCUT2D eigenvalue weighted by molar-refractivity contribution is 0.415. The number of hydrogen-bond donors (Lipinski definition) is 2. The van der Waals surface area contributed by atoms with E-state index in [4.69, 9.17) is 21.6 Å². The van der Waals surface area contributed by atoms with Crippen molar-refractivity contribution in [3.8, 4) is 11.8 Å². The third-order valence-electron chi connectivity index (χ3n) is 4.06. The van der Waals surface area contributed by atoms with Gasteiger partial charge in [-0.15, -0.1) is 0 Å². The van der Waals surface area contributed by atoms with E-state index in [2.05, 4.69) is 20.3 Å². The maximum Gasteiger partial charge on any atom is 0.253 e. The van der Waals surface area contributed by atoms with Crippen LogP contribution < -0.4 is 15.6 Å². The third-order valence-corrected chi connectivity index (χ3v) is 4.35. The van der Waals surface area contributed by atoms with E-state index in [1.165, 1.54) is 13.3 Å². The average Bonchev–Trinajstić information content (AvgIpc) is 2.61. The highest BCUT2D eigenvalue weighted by atomic mass is 35.5. The molecule has 0 saturated heterocycles. The summed E-state index contributed by atoms with van der Waals surface area (Å²) in [5.41, 5.74) is 1.91. The van der Waals surface area contributed by atoms with Gasteiger partial charge in [0.25, 0.3) is 5.56 Å². The topological polar surface area (TPSA) is 104 Å². The van der Waals surface area contributed by atoms with Gasteiger partial charge in [-0.2, -0.15) is 5.26 Å². The number of fused-ring (bicyclic) bond motifs is 1. The average molecular weight is 370 g/mol. The van der Waals surface area contributed by atoms with E-state index in [0.29, 0.717) is 39.1 Å². The van der Waals surface area contributed by atoms with Gasteiger partial charge < -0.3 is 15.0 Å². The molecule has 0 aliphatic heterocycles. The summed E-state index contributed by atoms with van der Waals surface area (Å²) in [6.45, 7) is 3.56. The summed E-state index contributed by atoms with van der Waals surface area (Å²) in [6.07, 6.45) is 1.45. The molecule has 3 aromatic rings. The lowest BCUT2D eigenvalue weighted by Gasteiger charge is -2.15. The highest BCUT2D eigenvalue weighted by molar-refractivity contribution is 6.32. The maximum absolute atomic E-state index is 12.5. The van der Waals surface area contributed by atoms with Crippen LogP contribution in [0, 0.1) is 18.3 Å². The number of hydrogen-bond acceptors (Lipinski definition) is 6. The molecule has 0 radical (unpaired) electrons. The van der Waals surface area contributed by atoms with Crippen LogP contribution in [0.25, 0.3) is 10.9 Å². The predicted molar refractivity (Wildman–Crippen MR) is 99.7 cm³/mol. The molecule has 8 heteroatoms. The van der Waals surface area contributed by atoms with Crippen molar-refractivity contribution in [2.45, 2.75) is 19.9 Å². The molecule has 2 heterocycles. The molecule has 3 rings (SSSR count). The Morgan fingerprint density at radius 1 is 1.38 bits per heavy atom. The third kappa shape index (κ3) is 3.32. The standard InChI is InChI=1S/C18H16ClN5O2/c1-9-12(7-20)8-21-18(22-9)23-10(2)13-4-11-5-14(19)16(26-3)6-15(11)24-17(13)25/h4-6,8,10H,1-3H3,(H,24,25)(H,21,22,23)/t10-/m0/s1. The number of aromatic amines is 1. The van der Waals surface area contributed by atoms with Crippen molar-refractivity contribution in [1.29, 1.82) is 5.26 Å². The Kier molecular flexibility index (Phi) is 4.78. The van der Waals surface area contributed by atoms with Crippen molar-refractivity contribution in [2.24, 2.45) is 0 Å². The van der Waals surface area contributed by atoms with E-state index in [1.807, 2.05) is 13.0 Å². The Bertz CT molecular complexity index is 1090. The zero-order chi connectivity index (χ0) is 18.8. The van der Waals surface area contributed by atoms with Crippen molar-refractivity contribution in [3.63, 3.8) is 0 Å². The second-order valence-corrected chi connectivity index (χ2v) is 6.21. The number of aryl methyl sites for hydroxylation is 1. The number of benzene rings is 1. The number of H-pyrrole nitrogens is 1. The highest BCUT2D eigenvalue weighted by Crippen LogP contribution is 2.29. The van der Waals surface area contributed by atoms with E-state index < -0.39 is 0 Å². The van der Waals surface area contributed by atoms with Gasteiger partial charge in [0.15, 0.2) is 0 Å². The first-order valence-electron chi connectivity index (χ1n) is 7.83. The minimum absolute atomic E-state index is 0.229. The molecule has 7 nitrogen and oxygen atoms in total. The molecule has 26 heavy (non-hydrogen) atoms. The summed E-state index contributed by atoms with van der Waals surface area (Å²) in [6, 6.07) is 6.87. The van der Waals surface area contributed by atoms with Gasteiger partial charge in [-0.05, 0) is 26.0 Å². The number of aromatic nitrogens is 3. The Balaban J connectivity index is 1.96. The smallest absolute Gasteiger partial charge is 0.253 e. The molecule has 0 unspecified atom stereocenters. The summed E-state index contributed by atoms with van der Waals surface area (Å²) in [5.74, 6) is 0.844. The summed E-state index contributed by atoms with van der Waals surface area (Å²) in [7, 11) is 1.52. The van der Waals surface area contributed by atoms with Crippen LogP contribution in [0.1, 0.15) is 29.8 Å². The number of ether oxygens (including phenoxy) is 1. The van der Waals surface area contributed by atoms with Crippen molar-refractivity contribution in [3.05, 3.63) is 56.6 Å². The van der Waals surface area contributed by atoms with Gasteiger partial charge in [-0.3, -0.25) is 4.79 Å². The second-order valence-electron chi connectivity index (χ2n) is 5.80. The second kappa shape index (κ2) is 7.02. The zero-order valence-corrected chi connectivity index (χ0v) is 15.2. The van der Waals surface area contributed by atoms with Crippen LogP contribution in [-0.2, 0) is 0 Å². The molecule has 2 N–H and O–H groups in total. The van der Waals surface area contributed by atoms with Crippen LogP contribution in [0.2, 0.25) is 5.02 Å². The van der Waals surface area contributed by atoms with E-state index in [1.54, 1.807) is 25.1 Å². The summed E-state index contributed by atoms with van der Waals surface area (Å²) < 4.78 is 5.17. The van der Waals surface area contributed by atoms with Crippen LogP contribution in [0.5, 0.6) is 5.75 Å². The van der Waals surface area contributed by atoms with Gasteiger partial charge in [0.1, 0.15) is 11.8 Å². The Labute approximate surface area is 154 Å². The number of nitriles is 1. The number of nitrogens with one attached hydrogen (secondary N) is 2. The molecule has 0 spiro atoms. The summed E-state index contributed by atoms with van der Waals surface area (Å²) in [4.78, 5) is 23.7. The van der Waals surface area contributed by atoms with Gasteiger partial charge in [-0.1, -0.05) is 11.6 Å². The first-order valence-corrected chi connectivity index (χ1v) is 8.21. The fourth-order valence-corrected chi connectivity index (χ4v) is 2.87. The van der Waals surface area contributed by atoms with Gasteiger partial charge in [0.05, 0.1) is 41.1 Å². The molecule has 0 bridgehead atoms. The largest absolute Gasteiger partial charge is 0.495 e.